The fourth-order valence-corrected chi connectivity index (χ4v) is 2.95. The minimum Gasteiger partial charge on any atom is -0.466 e. The second-order valence-corrected chi connectivity index (χ2v) is 5.55. The second-order valence-electron chi connectivity index (χ2n) is 5.12. The van der Waals surface area contributed by atoms with Crippen LogP contribution in [-0.4, -0.2) is 25.7 Å². The summed E-state index contributed by atoms with van der Waals surface area (Å²) >= 11 is 5.93. The van der Waals surface area contributed by atoms with Crippen LogP contribution in [0.25, 0.3) is 0 Å². The topological polar surface area (TPSA) is 64.6 Å². The van der Waals surface area contributed by atoms with E-state index in [0.29, 0.717) is 22.0 Å². The third-order valence-corrected chi connectivity index (χ3v) is 4.10. The van der Waals surface area contributed by atoms with Crippen molar-refractivity contribution < 1.29 is 19.1 Å². The lowest BCUT2D eigenvalue weighted by Crippen LogP contribution is -2.30. The Morgan fingerprint density at radius 2 is 2.05 bits per heavy atom. The zero-order chi connectivity index (χ0) is 15.9. The van der Waals surface area contributed by atoms with Crippen molar-refractivity contribution in [1.29, 1.82) is 0 Å². The van der Waals surface area contributed by atoms with Gasteiger partial charge in [0.1, 0.15) is 12.3 Å². The Morgan fingerprint density at radius 3 is 2.68 bits per heavy atom. The maximum Gasteiger partial charge on any atom is 0.355 e. The van der Waals surface area contributed by atoms with E-state index in [1.165, 1.54) is 7.11 Å². The molecule has 2 heterocycles. The number of cyclic esters (lactones) is 1. The highest BCUT2D eigenvalue weighted by molar-refractivity contribution is 6.30. The first kappa shape index (κ1) is 14.7. The van der Waals surface area contributed by atoms with Crippen LogP contribution in [0.5, 0.6) is 0 Å². The third-order valence-electron chi connectivity index (χ3n) is 3.85. The molecule has 0 radical (unpaired) electrons. The molecule has 0 aliphatic carbocycles. The Morgan fingerprint density at radius 1 is 1.36 bits per heavy atom. The van der Waals surface area contributed by atoms with Gasteiger partial charge in [-0.15, -0.1) is 0 Å². The fourth-order valence-electron chi connectivity index (χ4n) is 2.83. The van der Waals surface area contributed by atoms with Crippen LogP contribution in [0.2, 0.25) is 5.02 Å². The Balaban J connectivity index is 2.15. The Hall–Kier alpha value is -2.27. The fraction of sp³-hybridized carbons (Fsp3) is 0.250. The van der Waals surface area contributed by atoms with Gasteiger partial charge in [-0.2, -0.15) is 0 Å². The number of allylic oxidation sites excluding steroid dienone is 1. The molecule has 5 nitrogen and oxygen atoms in total. The number of hydrogen-bond acceptors (Lipinski definition) is 5. The zero-order valence-corrected chi connectivity index (χ0v) is 12.9. The lowest BCUT2D eigenvalue weighted by molar-refractivity contribution is -0.137. The molecule has 1 N–H and O–H groups in total. The summed E-state index contributed by atoms with van der Waals surface area (Å²) in [7, 11) is 1.34. The Bertz CT molecular complexity index is 718. The van der Waals surface area contributed by atoms with Gasteiger partial charge in [0.2, 0.25) is 0 Å². The van der Waals surface area contributed by atoms with Crippen molar-refractivity contribution in [3.63, 3.8) is 0 Å². The number of halogens is 1. The highest BCUT2D eigenvalue weighted by Gasteiger charge is 2.40. The molecule has 0 saturated heterocycles. The van der Waals surface area contributed by atoms with Crippen LogP contribution in [0, 0.1) is 0 Å². The average molecular weight is 320 g/mol. The molecule has 2 aliphatic rings. The standard InChI is InChI=1S/C16H14ClNO4/c1-8-12(15(19)21-2)13(9-3-5-10(17)6-4-9)11-7-22-16(20)14(11)18-8/h3-6,13,18H,7H2,1-2H3. The minimum absolute atomic E-state index is 0.155. The van der Waals surface area contributed by atoms with Crippen molar-refractivity contribution in [2.24, 2.45) is 0 Å². The predicted molar refractivity (Wildman–Crippen MR) is 80.0 cm³/mol. The molecule has 114 valence electrons. The van der Waals surface area contributed by atoms with Crippen LogP contribution < -0.4 is 5.32 Å². The van der Waals surface area contributed by atoms with Crippen molar-refractivity contribution in [3.05, 3.63) is 57.4 Å². The van der Waals surface area contributed by atoms with Crippen LogP contribution in [0.3, 0.4) is 0 Å². The first-order valence-electron chi connectivity index (χ1n) is 6.74. The van der Waals surface area contributed by atoms with Gasteiger partial charge in [-0.3, -0.25) is 0 Å². The van der Waals surface area contributed by atoms with Gasteiger partial charge in [0, 0.05) is 22.2 Å². The number of methoxy groups -OCH3 is 1. The van der Waals surface area contributed by atoms with E-state index in [1.54, 1.807) is 19.1 Å². The molecule has 1 aromatic carbocycles. The van der Waals surface area contributed by atoms with Crippen molar-refractivity contribution in [3.8, 4) is 0 Å². The highest BCUT2D eigenvalue weighted by Crippen LogP contribution is 2.41. The van der Waals surface area contributed by atoms with E-state index >= 15 is 0 Å². The average Bonchev–Trinajstić information content (AvgIpc) is 2.87. The van der Waals surface area contributed by atoms with Crippen LogP contribution >= 0.6 is 11.6 Å². The van der Waals surface area contributed by atoms with E-state index in [0.717, 1.165) is 11.1 Å². The van der Waals surface area contributed by atoms with Crippen molar-refractivity contribution in [2.45, 2.75) is 12.8 Å². The van der Waals surface area contributed by atoms with Crippen LogP contribution in [0.1, 0.15) is 18.4 Å². The molecule has 1 unspecified atom stereocenters. The molecule has 0 aromatic heterocycles. The molecule has 0 amide bonds. The lowest BCUT2D eigenvalue weighted by atomic mass is 9.81. The number of dihydropyridines is 1. The molecule has 1 aromatic rings. The summed E-state index contributed by atoms with van der Waals surface area (Å²) in [4.78, 5) is 24.0. The third kappa shape index (κ3) is 2.27. The van der Waals surface area contributed by atoms with Crippen molar-refractivity contribution in [2.75, 3.05) is 13.7 Å². The highest BCUT2D eigenvalue weighted by atomic mass is 35.5. The quantitative estimate of drug-likeness (QED) is 0.847. The van der Waals surface area contributed by atoms with Gasteiger partial charge in [0.05, 0.1) is 12.7 Å². The normalized spacial score (nSPS) is 20.5. The molecular weight excluding hydrogens is 306 g/mol. The number of esters is 2. The molecule has 3 rings (SSSR count). The number of rotatable bonds is 2. The minimum atomic E-state index is -0.434. The van der Waals surface area contributed by atoms with Gasteiger partial charge >= 0.3 is 11.9 Å². The molecule has 1 atom stereocenters. The summed E-state index contributed by atoms with van der Waals surface area (Å²) in [6, 6.07) is 7.17. The molecule has 2 aliphatic heterocycles. The van der Waals surface area contributed by atoms with Gasteiger partial charge in [-0.25, -0.2) is 9.59 Å². The maximum absolute atomic E-state index is 12.2. The first-order valence-corrected chi connectivity index (χ1v) is 7.12. The van der Waals surface area contributed by atoms with E-state index in [2.05, 4.69) is 5.32 Å². The van der Waals surface area contributed by atoms with E-state index in [1.807, 2.05) is 12.1 Å². The molecule has 6 heteroatoms. The summed E-state index contributed by atoms with van der Waals surface area (Å²) in [5.74, 6) is -1.22. The molecule has 0 bridgehead atoms. The smallest absolute Gasteiger partial charge is 0.355 e. The zero-order valence-electron chi connectivity index (χ0n) is 12.1. The van der Waals surface area contributed by atoms with Gasteiger partial charge < -0.3 is 14.8 Å². The number of nitrogens with one attached hydrogen (secondary N) is 1. The number of ether oxygens (including phenoxy) is 2. The summed E-state index contributed by atoms with van der Waals surface area (Å²) in [5.41, 5.74) is 3.06. The lowest BCUT2D eigenvalue weighted by Gasteiger charge is -2.27. The van der Waals surface area contributed by atoms with Crippen LogP contribution in [0.15, 0.2) is 46.8 Å². The largest absolute Gasteiger partial charge is 0.466 e. The number of benzene rings is 1. The van der Waals surface area contributed by atoms with Gasteiger partial charge in [-0.1, -0.05) is 23.7 Å². The summed E-state index contributed by atoms with van der Waals surface area (Å²) < 4.78 is 10.0. The summed E-state index contributed by atoms with van der Waals surface area (Å²) in [6.45, 7) is 1.90. The molecule has 0 saturated carbocycles. The monoisotopic (exact) mass is 319 g/mol. The van der Waals surface area contributed by atoms with Crippen molar-refractivity contribution >= 4 is 23.5 Å². The van der Waals surface area contributed by atoms with Crippen LogP contribution in [-0.2, 0) is 19.1 Å². The molecule has 0 spiro atoms. The van der Waals surface area contributed by atoms with E-state index in [9.17, 15) is 9.59 Å². The molecular formula is C16H14ClNO4. The van der Waals surface area contributed by atoms with E-state index in [4.69, 9.17) is 21.1 Å². The predicted octanol–water partition coefficient (Wildman–Crippen LogP) is 2.28. The SMILES string of the molecule is COC(=O)C1=C(C)NC2=C(COC2=O)C1c1ccc(Cl)cc1. The summed E-state index contributed by atoms with van der Waals surface area (Å²) in [5, 5.41) is 3.57. The maximum atomic E-state index is 12.2. The molecule has 0 fully saturated rings. The van der Waals surface area contributed by atoms with E-state index < -0.39 is 11.9 Å². The number of carbonyl (C=O) groups excluding carboxylic acids is 2. The Labute approximate surface area is 132 Å². The van der Waals surface area contributed by atoms with Crippen LogP contribution in [0.4, 0.5) is 0 Å². The summed E-state index contributed by atoms with van der Waals surface area (Å²) in [6.07, 6.45) is 0. The first-order chi connectivity index (χ1) is 10.5. The number of hydrogen-bond donors (Lipinski definition) is 1. The van der Waals surface area contributed by atoms with E-state index in [-0.39, 0.29) is 12.5 Å². The van der Waals surface area contributed by atoms with Crippen molar-refractivity contribution in [1.82, 2.24) is 5.32 Å². The van der Waals surface area contributed by atoms with Gasteiger partial charge in [0.15, 0.2) is 0 Å². The number of carbonyl (C=O) groups is 2. The van der Waals surface area contributed by atoms with Gasteiger partial charge in [0.25, 0.3) is 0 Å². The van der Waals surface area contributed by atoms with Gasteiger partial charge in [-0.05, 0) is 24.6 Å². The Kier molecular flexibility index (Phi) is 3.66. The molecule has 22 heavy (non-hydrogen) atoms. The second kappa shape index (κ2) is 5.50.